The van der Waals surface area contributed by atoms with Crippen molar-refractivity contribution in [1.29, 1.82) is 0 Å². The first-order chi connectivity index (χ1) is 16.3. The van der Waals surface area contributed by atoms with Crippen molar-refractivity contribution in [3.63, 3.8) is 0 Å². The summed E-state index contributed by atoms with van der Waals surface area (Å²) >= 11 is 1.23. The molecule has 0 fully saturated rings. The quantitative estimate of drug-likeness (QED) is 0.413. The average Bonchev–Trinajstić information content (AvgIpc) is 3.13. The summed E-state index contributed by atoms with van der Waals surface area (Å²) in [6.07, 6.45) is 1.74. The summed E-state index contributed by atoms with van der Waals surface area (Å²) in [5.74, 6) is 0.131. The molecule has 0 saturated heterocycles. The van der Waals surface area contributed by atoms with Crippen molar-refractivity contribution in [2.75, 3.05) is 14.2 Å². The van der Waals surface area contributed by atoms with Gasteiger partial charge in [-0.2, -0.15) is 0 Å². The summed E-state index contributed by atoms with van der Waals surface area (Å²) in [5.41, 5.74) is 2.01. The number of hydrogen-bond donors (Lipinski definition) is 0. The summed E-state index contributed by atoms with van der Waals surface area (Å²) in [7, 11) is 2.87. The maximum atomic E-state index is 13.5. The van der Waals surface area contributed by atoms with Gasteiger partial charge in [0.1, 0.15) is 11.5 Å². The van der Waals surface area contributed by atoms with Crippen LogP contribution in [-0.4, -0.2) is 30.7 Å². The number of thiazole rings is 1. The number of carbonyl (C=O) groups excluding carboxylic acids is 2. The molecule has 34 heavy (non-hydrogen) atoms. The molecule has 1 atom stereocenters. The Bertz CT molecular complexity index is 1460. The Hall–Kier alpha value is -3.98. The van der Waals surface area contributed by atoms with Crippen molar-refractivity contribution < 1.29 is 23.8 Å². The van der Waals surface area contributed by atoms with E-state index in [0.717, 1.165) is 11.1 Å². The molecule has 1 aromatic heterocycles. The lowest BCUT2D eigenvalue weighted by Crippen LogP contribution is -2.39. The van der Waals surface area contributed by atoms with E-state index in [1.165, 1.54) is 29.9 Å². The summed E-state index contributed by atoms with van der Waals surface area (Å²) in [4.78, 5) is 42.3. The van der Waals surface area contributed by atoms with Gasteiger partial charge in [-0.15, -0.1) is 0 Å². The molecule has 2 aromatic carbocycles. The molecule has 1 aliphatic heterocycles. The smallest absolute Gasteiger partial charge is 0.338 e. The minimum Gasteiger partial charge on any atom is -0.497 e. The highest BCUT2D eigenvalue weighted by molar-refractivity contribution is 7.07. The molecule has 0 bridgehead atoms. The molecule has 9 heteroatoms. The van der Waals surface area contributed by atoms with Crippen LogP contribution in [0.5, 0.6) is 11.5 Å². The van der Waals surface area contributed by atoms with Gasteiger partial charge in [-0.3, -0.25) is 14.2 Å². The number of ether oxygens (including phenoxy) is 3. The molecule has 0 radical (unpaired) electrons. The number of fused-ring (bicyclic) bond motifs is 1. The molecule has 0 saturated carbocycles. The van der Waals surface area contributed by atoms with Crippen LogP contribution in [0.1, 0.15) is 31.0 Å². The summed E-state index contributed by atoms with van der Waals surface area (Å²) in [5, 5.41) is 0. The van der Waals surface area contributed by atoms with Crippen LogP contribution in [0.2, 0.25) is 0 Å². The van der Waals surface area contributed by atoms with Crippen LogP contribution in [0.15, 0.2) is 69.6 Å². The predicted octanol–water partition coefficient (Wildman–Crippen LogP) is 2.34. The molecule has 174 valence electrons. The number of allylic oxidation sites excluding steroid dienone is 1. The molecule has 8 nitrogen and oxygen atoms in total. The third kappa shape index (κ3) is 4.42. The van der Waals surface area contributed by atoms with E-state index in [-0.39, 0.29) is 5.56 Å². The van der Waals surface area contributed by atoms with Crippen LogP contribution in [0.4, 0.5) is 0 Å². The standard InChI is InChI=1S/C25H22N2O6S/c1-14-21(24(30)32-4)22(17-7-11-18(31-3)12-8-17)27-23(29)20(34-25(27)26-14)13-16-5-9-19(10-6-16)33-15(2)28/h5-13,22H,1-4H3/b20-13-. The van der Waals surface area contributed by atoms with Crippen LogP contribution >= 0.6 is 11.3 Å². The minimum absolute atomic E-state index is 0.275. The highest BCUT2D eigenvalue weighted by Crippen LogP contribution is 2.31. The van der Waals surface area contributed by atoms with Gasteiger partial charge in [-0.25, -0.2) is 9.79 Å². The topological polar surface area (TPSA) is 96.2 Å². The highest BCUT2D eigenvalue weighted by atomic mass is 32.1. The first-order valence-corrected chi connectivity index (χ1v) is 11.2. The van der Waals surface area contributed by atoms with Gasteiger partial charge in [-0.1, -0.05) is 35.6 Å². The van der Waals surface area contributed by atoms with Gasteiger partial charge in [0, 0.05) is 6.92 Å². The SMILES string of the molecule is COC(=O)C1=C(C)N=c2s/c(=C\c3ccc(OC(C)=O)cc3)c(=O)n2C1c1ccc(OC)cc1. The first-order valence-electron chi connectivity index (χ1n) is 10.4. The maximum absolute atomic E-state index is 13.5. The fourth-order valence-corrected chi connectivity index (χ4v) is 4.79. The van der Waals surface area contributed by atoms with E-state index in [4.69, 9.17) is 14.2 Å². The first kappa shape index (κ1) is 23.2. The number of carbonyl (C=O) groups is 2. The van der Waals surface area contributed by atoms with Gasteiger partial charge in [-0.05, 0) is 48.4 Å². The number of methoxy groups -OCH3 is 2. The molecule has 1 unspecified atom stereocenters. The van der Waals surface area contributed by atoms with Crippen molar-refractivity contribution in [3.8, 4) is 11.5 Å². The number of rotatable bonds is 5. The number of aromatic nitrogens is 1. The van der Waals surface area contributed by atoms with Gasteiger partial charge in [0.25, 0.3) is 5.56 Å². The third-order valence-corrected chi connectivity index (χ3v) is 6.28. The van der Waals surface area contributed by atoms with E-state index in [1.807, 2.05) is 12.1 Å². The number of nitrogens with zero attached hydrogens (tertiary/aromatic N) is 2. The Labute approximate surface area is 199 Å². The molecule has 0 amide bonds. The second kappa shape index (κ2) is 9.48. The molecule has 0 spiro atoms. The van der Waals surface area contributed by atoms with Crippen LogP contribution < -0.4 is 24.4 Å². The van der Waals surface area contributed by atoms with E-state index < -0.39 is 18.0 Å². The van der Waals surface area contributed by atoms with Crippen LogP contribution in [0.25, 0.3) is 6.08 Å². The van der Waals surface area contributed by atoms with Crippen LogP contribution in [0, 0.1) is 0 Å². The average molecular weight is 479 g/mol. The Morgan fingerprint density at radius 2 is 1.68 bits per heavy atom. The number of esters is 2. The molecule has 3 aromatic rings. The fourth-order valence-electron chi connectivity index (χ4n) is 3.74. The van der Waals surface area contributed by atoms with Crippen molar-refractivity contribution in [3.05, 3.63) is 90.6 Å². The van der Waals surface area contributed by atoms with E-state index in [9.17, 15) is 14.4 Å². The largest absolute Gasteiger partial charge is 0.497 e. The van der Waals surface area contributed by atoms with E-state index in [0.29, 0.717) is 32.1 Å². The minimum atomic E-state index is -0.692. The fraction of sp³-hybridized carbons (Fsp3) is 0.200. The van der Waals surface area contributed by atoms with Gasteiger partial charge in [0.15, 0.2) is 4.80 Å². The zero-order valence-corrected chi connectivity index (χ0v) is 19.8. The van der Waals surface area contributed by atoms with Gasteiger partial charge < -0.3 is 14.2 Å². The molecular weight excluding hydrogens is 456 g/mol. The molecule has 0 aliphatic carbocycles. The predicted molar refractivity (Wildman–Crippen MR) is 127 cm³/mol. The molecule has 0 N–H and O–H groups in total. The van der Waals surface area contributed by atoms with Gasteiger partial charge in [0.05, 0.1) is 36.1 Å². The van der Waals surface area contributed by atoms with E-state index in [2.05, 4.69) is 4.99 Å². The molecular formula is C25H22N2O6S. The maximum Gasteiger partial charge on any atom is 0.338 e. The monoisotopic (exact) mass is 478 g/mol. The van der Waals surface area contributed by atoms with Gasteiger partial charge in [0.2, 0.25) is 0 Å². The Morgan fingerprint density at radius 1 is 1.03 bits per heavy atom. The summed E-state index contributed by atoms with van der Waals surface area (Å²) in [6.45, 7) is 3.06. The van der Waals surface area contributed by atoms with E-state index >= 15 is 0 Å². The lowest BCUT2D eigenvalue weighted by atomic mass is 9.96. The zero-order chi connectivity index (χ0) is 24.4. The van der Waals surface area contributed by atoms with E-state index in [1.54, 1.807) is 56.5 Å². The van der Waals surface area contributed by atoms with Crippen molar-refractivity contribution in [2.45, 2.75) is 19.9 Å². The number of hydrogen-bond acceptors (Lipinski definition) is 8. The second-order valence-corrected chi connectivity index (χ2v) is 8.52. The zero-order valence-electron chi connectivity index (χ0n) is 19.0. The normalized spacial score (nSPS) is 15.4. The van der Waals surface area contributed by atoms with Crippen LogP contribution in [0.3, 0.4) is 0 Å². The molecule has 4 rings (SSSR count). The Morgan fingerprint density at radius 3 is 2.26 bits per heavy atom. The van der Waals surface area contributed by atoms with Crippen molar-refractivity contribution in [1.82, 2.24) is 4.57 Å². The van der Waals surface area contributed by atoms with Crippen molar-refractivity contribution >= 4 is 29.4 Å². The third-order valence-electron chi connectivity index (χ3n) is 5.30. The Balaban J connectivity index is 1.86. The number of benzene rings is 2. The summed E-state index contributed by atoms with van der Waals surface area (Å²) in [6, 6.07) is 13.3. The molecule has 2 heterocycles. The second-order valence-electron chi connectivity index (χ2n) is 7.51. The lowest BCUT2D eigenvalue weighted by Gasteiger charge is -2.24. The molecule has 1 aliphatic rings. The Kier molecular flexibility index (Phi) is 6.47. The van der Waals surface area contributed by atoms with Crippen molar-refractivity contribution in [2.24, 2.45) is 4.99 Å². The lowest BCUT2D eigenvalue weighted by molar-refractivity contribution is -0.136. The van der Waals surface area contributed by atoms with Gasteiger partial charge >= 0.3 is 11.9 Å². The van der Waals surface area contributed by atoms with Crippen LogP contribution in [-0.2, 0) is 14.3 Å². The highest BCUT2D eigenvalue weighted by Gasteiger charge is 2.33. The summed E-state index contributed by atoms with van der Waals surface area (Å²) < 4.78 is 17.3.